The van der Waals surface area contributed by atoms with Crippen molar-refractivity contribution < 1.29 is 19.1 Å². The van der Waals surface area contributed by atoms with E-state index >= 15 is 0 Å². The second kappa shape index (κ2) is 9.17. The van der Waals surface area contributed by atoms with Crippen LogP contribution in [0.1, 0.15) is 49.5 Å². The highest BCUT2D eigenvalue weighted by molar-refractivity contribution is 7.09. The van der Waals surface area contributed by atoms with E-state index in [4.69, 9.17) is 9.47 Å². The van der Waals surface area contributed by atoms with E-state index in [0.717, 1.165) is 10.4 Å². The predicted octanol–water partition coefficient (Wildman–Crippen LogP) is 4.76. The van der Waals surface area contributed by atoms with Crippen molar-refractivity contribution in [2.45, 2.75) is 33.9 Å². The molecule has 158 valence electrons. The number of aromatic nitrogens is 1. The van der Waals surface area contributed by atoms with Gasteiger partial charge >= 0.3 is 0 Å². The number of hydrogen-bond acceptors (Lipinski definition) is 5. The molecule has 0 spiro atoms. The quantitative estimate of drug-likeness (QED) is 0.528. The van der Waals surface area contributed by atoms with Crippen molar-refractivity contribution in [2.75, 3.05) is 14.2 Å². The first-order valence-corrected chi connectivity index (χ1v) is 10.5. The monoisotopic (exact) mass is 426 g/mol. The fraction of sp³-hybridized carbons (Fsp3) is 0.304. The molecule has 0 bridgehead atoms. The van der Waals surface area contributed by atoms with E-state index in [0.29, 0.717) is 47.1 Å². The van der Waals surface area contributed by atoms with E-state index < -0.39 is 0 Å². The molecule has 0 radical (unpaired) electrons. The van der Waals surface area contributed by atoms with Gasteiger partial charge in [-0.25, -0.2) is 0 Å². The first kappa shape index (κ1) is 21.6. The lowest BCUT2D eigenvalue weighted by Gasteiger charge is -2.23. The van der Waals surface area contributed by atoms with Crippen LogP contribution in [0.4, 0.5) is 0 Å². The Balaban J connectivity index is 1.96. The number of nitrogens with zero attached hydrogens (tertiary/aromatic N) is 1. The van der Waals surface area contributed by atoms with Crippen molar-refractivity contribution in [1.82, 2.24) is 9.88 Å². The van der Waals surface area contributed by atoms with Gasteiger partial charge in [0.05, 0.1) is 20.8 Å². The Bertz CT molecular complexity index is 1050. The third-order valence-corrected chi connectivity index (χ3v) is 5.90. The van der Waals surface area contributed by atoms with Crippen molar-refractivity contribution in [3.05, 3.63) is 68.7 Å². The SMILES string of the molecule is COc1ccc(CN(Cc2cccs2)C(=O)c2[nH]c(C)c(C(C)=O)c2C)cc1OC. The number of ether oxygens (including phenoxy) is 2. The number of amides is 1. The number of methoxy groups -OCH3 is 2. The summed E-state index contributed by atoms with van der Waals surface area (Å²) in [5, 5.41) is 1.99. The minimum atomic E-state index is -0.147. The smallest absolute Gasteiger partial charge is 0.271 e. The lowest BCUT2D eigenvalue weighted by atomic mass is 10.1. The van der Waals surface area contributed by atoms with Crippen molar-refractivity contribution in [2.24, 2.45) is 0 Å². The number of aromatic amines is 1. The molecule has 1 aromatic carbocycles. The molecule has 2 aromatic heterocycles. The molecule has 0 saturated heterocycles. The number of aryl methyl sites for hydroxylation is 1. The van der Waals surface area contributed by atoms with E-state index in [-0.39, 0.29) is 11.7 Å². The molecule has 0 atom stereocenters. The van der Waals surface area contributed by atoms with Crippen LogP contribution in [0.3, 0.4) is 0 Å². The standard InChI is InChI=1S/C23H26N2O4S/c1-14-21(16(3)26)15(2)24-22(14)23(27)25(13-18-7-6-10-30-18)12-17-8-9-19(28-4)20(11-17)29-5/h6-11,24H,12-13H2,1-5H3. The minimum Gasteiger partial charge on any atom is -0.493 e. The van der Waals surface area contributed by atoms with Gasteiger partial charge in [-0.1, -0.05) is 12.1 Å². The van der Waals surface area contributed by atoms with Crippen LogP contribution in [0, 0.1) is 13.8 Å². The summed E-state index contributed by atoms with van der Waals surface area (Å²) < 4.78 is 10.7. The summed E-state index contributed by atoms with van der Waals surface area (Å²) >= 11 is 1.60. The maximum absolute atomic E-state index is 13.5. The number of carbonyl (C=O) groups is 2. The molecule has 1 N–H and O–H groups in total. The molecule has 3 aromatic rings. The van der Waals surface area contributed by atoms with Crippen LogP contribution in [-0.4, -0.2) is 35.8 Å². The number of nitrogens with one attached hydrogen (secondary N) is 1. The van der Waals surface area contributed by atoms with Gasteiger partial charge in [0.1, 0.15) is 5.69 Å². The Morgan fingerprint density at radius 2 is 1.80 bits per heavy atom. The zero-order valence-electron chi connectivity index (χ0n) is 17.9. The molecule has 0 unspecified atom stereocenters. The average Bonchev–Trinajstić information content (AvgIpc) is 3.33. The number of carbonyl (C=O) groups excluding carboxylic acids is 2. The number of rotatable bonds is 8. The summed E-state index contributed by atoms with van der Waals surface area (Å²) in [7, 11) is 3.18. The average molecular weight is 427 g/mol. The summed E-state index contributed by atoms with van der Waals surface area (Å²) in [5.41, 5.74) is 3.36. The molecule has 0 saturated carbocycles. The fourth-order valence-electron chi connectivity index (χ4n) is 3.64. The van der Waals surface area contributed by atoms with Crippen molar-refractivity contribution >= 4 is 23.0 Å². The molecule has 2 heterocycles. The van der Waals surface area contributed by atoms with Gasteiger partial charge in [0.15, 0.2) is 17.3 Å². The summed E-state index contributed by atoms with van der Waals surface area (Å²) in [6, 6.07) is 9.61. The molecule has 7 heteroatoms. The fourth-order valence-corrected chi connectivity index (χ4v) is 4.36. The zero-order chi connectivity index (χ0) is 21.8. The highest BCUT2D eigenvalue weighted by Crippen LogP contribution is 2.29. The van der Waals surface area contributed by atoms with Crippen LogP contribution < -0.4 is 9.47 Å². The van der Waals surface area contributed by atoms with E-state index in [1.807, 2.05) is 49.6 Å². The highest BCUT2D eigenvalue weighted by Gasteiger charge is 2.25. The number of benzene rings is 1. The Kier molecular flexibility index (Phi) is 6.62. The van der Waals surface area contributed by atoms with Gasteiger partial charge < -0.3 is 19.4 Å². The zero-order valence-corrected chi connectivity index (χ0v) is 18.7. The Labute approximate surface area is 180 Å². The van der Waals surface area contributed by atoms with E-state index in [2.05, 4.69) is 4.98 Å². The number of thiophene rings is 1. The third-order valence-electron chi connectivity index (χ3n) is 5.04. The molecule has 1 amide bonds. The molecule has 30 heavy (non-hydrogen) atoms. The Hall–Kier alpha value is -3.06. The van der Waals surface area contributed by atoms with Crippen molar-refractivity contribution in [3.63, 3.8) is 0 Å². The van der Waals surface area contributed by atoms with E-state index in [1.54, 1.807) is 30.5 Å². The second-order valence-electron chi connectivity index (χ2n) is 7.11. The summed E-state index contributed by atoms with van der Waals surface area (Å²) in [4.78, 5) is 31.5. The molecular weight excluding hydrogens is 400 g/mol. The first-order chi connectivity index (χ1) is 14.3. The van der Waals surface area contributed by atoms with Crippen LogP contribution in [-0.2, 0) is 13.1 Å². The molecule has 6 nitrogen and oxygen atoms in total. The third kappa shape index (κ3) is 4.41. The molecule has 3 rings (SSSR count). The predicted molar refractivity (Wildman–Crippen MR) is 118 cm³/mol. The largest absolute Gasteiger partial charge is 0.493 e. The van der Waals surface area contributed by atoms with E-state index in [1.165, 1.54) is 6.92 Å². The maximum Gasteiger partial charge on any atom is 0.271 e. The van der Waals surface area contributed by atoms with Gasteiger partial charge in [-0.3, -0.25) is 9.59 Å². The van der Waals surface area contributed by atoms with Crippen LogP contribution in [0.25, 0.3) is 0 Å². The Morgan fingerprint density at radius 1 is 1.07 bits per heavy atom. The first-order valence-electron chi connectivity index (χ1n) is 9.58. The van der Waals surface area contributed by atoms with Gasteiger partial charge in [0.25, 0.3) is 5.91 Å². The summed E-state index contributed by atoms with van der Waals surface area (Å²) in [6.07, 6.45) is 0. The van der Waals surface area contributed by atoms with Crippen LogP contribution in [0.15, 0.2) is 35.7 Å². The van der Waals surface area contributed by atoms with Gasteiger partial charge in [-0.15, -0.1) is 11.3 Å². The van der Waals surface area contributed by atoms with Crippen molar-refractivity contribution in [3.8, 4) is 11.5 Å². The van der Waals surface area contributed by atoms with Crippen LogP contribution in [0.2, 0.25) is 0 Å². The van der Waals surface area contributed by atoms with Crippen LogP contribution in [0.5, 0.6) is 11.5 Å². The molecule has 0 aliphatic rings. The Morgan fingerprint density at radius 3 is 2.37 bits per heavy atom. The molecular formula is C23H26N2O4S. The minimum absolute atomic E-state index is 0.0509. The van der Waals surface area contributed by atoms with Gasteiger partial charge in [0.2, 0.25) is 0 Å². The second-order valence-corrected chi connectivity index (χ2v) is 8.14. The highest BCUT2D eigenvalue weighted by atomic mass is 32.1. The van der Waals surface area contributed by atoms with E-state index in [9.17, 15) is 9.59 Å². The number of hydrogen-bond donors (Lipinski definition) is 1. The lowest BCUT2D eigenvalue weighted by molar-refractivity contribution is 0.0725. The topological polar surface area (TPSA) is 71.6 Å². The van der Waals surface area contributed by atoms with Gasteiger partial charge in [-0.05, 0) is 55.5 Å². The van der Waals surface area contributed by atoms with Gasteiger partial charge in [-0.2, -0.15) is 0 Å². The van der Waals surface area contributed by atoms with Gasteiger partial charge in [0, 0.05) is 22.7 Å². The lowest BCUT2D eigenvalue weighted by Crippen LogP contribution is -2.30. The molecule has 0 aliphatic carbocycles. The number of H-pyrrole nitrogens is 1. The normalized spacial score (nSPS) is 10.7. The molecule has 0 aliphatic heterocycles. The number of ketones is 1. The van der Waals surface area contributed by atoms with Crippen LogP contribution >= 0.6 is 11.3 Å². The maximum atomic E-state index is 13.5. The summed E-state index contributed by atoms with van der Waals surface area (Å²) in [5.74, 6) is 1.06. The summed E-state index contributed by atoms with van der Waals surface area (Å²) in [6.45, 7) is 6.01. The molecule has 0 fully saturated rings. The number of Topliss-reactive ketones (excluding diaryl/α,β-unsaturated/α-hetero) is 1. The van der Waals surface area contributed by atoms with Crippen molar-refractivity contribution in [1.29, 1.82) is 0 Å².